The third-order valence-corrected chi connectivity index (χ3v) is 5.59. The van der Waals surface area contributed by atoms with E-state index in [1.165, 1.54) is 13.3 Å². The Hall–Kier alpha value is -3.93. The molecule has 0 aliphatic heterocycles. The Morgan fingerprint density at radius 2 is 1.69 bits per heavy atom. The molecule has 2 N–H and O–H groups in total. The molecule has 3 rings (SSSR count). The Morgan fingerprint density at radius 1 is 0.943 bits per heavy atom. The topological polar surface area (TPSA) is 115 Å². The summed E-state index contributed by atoms with van der Waals surface area (Å²) in [5.41, 5.74) is 3.78. The molecule has 0 atom stereocenters. The molecule has 180 valence electrons. The van der Waals surface area contributed by atoms with Crippen LogP contribution in [0.15, 0.2) is 71.8 Å². The molecule has 0 bridgehead atoms. The Labute approximate surface area is 215 Å². The van der Waals surface area contributed by atoms with Gasteiger partial charge in [-0.2, -0.15) is 5.10 Å². The number of nitrogens with one attached hydrogen (secondary N) is 2. The minimum Gasteiger partial charge on any atom is -0.497 e. The third-order valence-electron chi connectivity index (χ3n) is 4.65. The molecule has 0 spiro atoms. The smallest absolute Gasteiger partial charge is 0.343 e. The molecule has 2 amide bonds. The number of ether oxygens (including phenoxy) is 3. The molecule has 9 nitrogen and oxygen atoms in total. The van der Waals surface area contributed by atoms with Crippen LogP contribution in [-0.2, 0) is 4.79 Å². The first-order chi connectivity index (χ1) is 16.9. The number of benzene rings is 3. The maximum Gasteiger partial charge on any atom is 0.343 e. The van der Waals surface area contributed by atoms with Crippen LogP contribution in [0.3, 0.4) is 0 Å². The number of rotatable bonds is 9. The number of esters is 1. The van der Waals surface area contributed by atoms with Gasteiger partial charge in [0.05, 0.1) is 38.1 Å². The fourth-order valence-electron chi connectivity index (χ4n) is 2.85. The van der Waals surface area contributed by atoms with Gasteiger partial charge in [0.2, 0.25) is 0 Å². The highest BCUT2D eigenvalue weighted by molar-refractivity contribution is 14.1. The highest BCUT2D eigenvalue weighted by Crippen LogP contribution is 2.28. The number of carbonyl (C=O) groups excluding carboxylic acids is 3. The molecule has 0 unspecified atom stereocenters. The predicted octanol–water partition coefficient (Wildman–Crippen LogP) is 3.41. The van der Waals surface area contributed by atoms with Gasteiger partial charge in [-0.3, -0.25) is 9.59 Å². The van der Waals surface area contributed by atoms with Gasteiger partial charge in [-0.1, -0.05) is 12.1 Å². The lowest BCUT2D eigenvalue weighted by Gasteiger charge is -2.10. The zero-order chi connectivity index (χ0) is 25.2. The second-order valence-corrected chi connectivity index (χ2v) is 8.15. The molecule has 3 aromatic rings. The first kappa shape index (κ1) is 25.7. The number of hydrogen-bond donors (Lipinski definition) is 2. The predicted molar refractivity (Wildman–Crippen MR) is 138 cm³/mol. The SMILES string of the molecule is COc1ccc(C(=O)Oc2ccc(C=NNC(=O)CNC(=O)c3ccccc3I)cc2OC)cc1. The molecule has 3 aromatic carbocycles. The van der Waals surface area contributed by atoms with Gasteiger partial charge in [0.25, 0.3) is 11.8 Å². The van der Waals surface area contributed by atoms with Crippen LogP contribution >= 0.6 is 22.6 Å². The standard InChI is InChI=1S/C25H22IN3O6/c1-33-18-10-8-17(9-11-18)25(32)35-21-12-7-16(13-22(21)34-2)14-28-29-23(30)15-27-24(31)19-5-3-4-6-20(19)26/h3-14H,15H2,1-2H3,(H,27,31)(H,29,30). The largest absolute Gasteiger partial charge is 0.497 e. The number of amides is 2. The molecular formula is C25H22IN3O6. The summed E-state index contributed by atoms with van der Waals surface area (Å²) in [4.78, 5) is 36.6. The van der Waals surface area contributed by atoms with Gasteiger partial charge in [0, 0.05) is 3.57 Å². The molecular weight excluding hydrogens is 565 g/mol. The number of carbonyl (C=O) groups is 3. The van der Waals surface area contributed by atoms with E-state index in [9.17, 15) is 14.4 Å². The van der Waals surface area contributed by atoms with Crippen molar-refractivity contribution in [1.82, 2.24) is 10.7 Å². The lowest BCUT2D eigenvalue weighted by atomic mass is 10.2. The first-order valence-corrected chi connectivity index (χ1v) is 11.4. The van der Waals surface area contributed by atoms with Crippen molar-refractivity contribution in [3.63, 3.8) is 0 Å². The van der Waals surface area contributed by atoms with Crippen LogP contribution in [0.4, 0.5) is 0 Å². The van der Waals surface area contributed by atoms with E-state index in [1.807, 2.05) is 6.07 Å². The molecule has 10 heteroatoms. The zero-order valence-electron chi connectivity index (χ0n) is 18.9. The quantitative estimate of drug-likeness (QED) is 0.130. The van der Waals surface area contributed by atoms with Gasteiger partial charge in [0.15, 0.2) is 11.5 Å². The second-order valence-electron chi connectivity index (χ2n) is 6.98. The van der Waals surface area contributed by atoms with Gasteiger partial charge in [0.1, 0.15) is 5.75 Å². The lowest BCUT2D eigenvalue weighted by Crippen LogP contribution is -2.35. The maximum absolute atomic E-state index is 12.4. The normalized spacial score (nSPS) is 10.5. The van der Waals surface area contributed by atoms with E-state index in [2.05, 4.69) is 38.4 Å². The lowest BCUT2D eigenvalue weighted by molar-refractivity contribution is -0.120. The van der Waals surface area contributed by atoms with Crippen LogP contribution < -0.4 is 25.0 Å². The molecule has 0 aliphatic rings. The van der Waals surface area contributed by atoms with E-state index >= 15 is 0 Å². The summed E-state index contributed by atoms with van der Waals surface area (Å²) >= 11 is 2.05. The highest BCUT2D eigenvalue weighted by Gasteiger charge is 2.13. The Morgan fingerprint density at radius 3 is 2.37 bits per heavy atom. The van der Waals surface area contributed by atoms with Crippen molar-refractivity contribution < 1.29 is 28.6 Å². The monoisotopic (exact) mass is 587 g/mol. The summed E-state index contributed by atoms with van der Waals surface area (Å²) < 4.78 is 16.6. The number of hydrazone groups is 1. The van der Waals surface area contributed by atoms with Crippen molar-refractivity contribution >= 4 is 46.6 Å². The minimum absolute atomic E-state index is 0.229. The van der Waals surface area contributed by atoms with Gasteiger partial charge in [-0.15, -0.1) is 0 Å². The fraction of sp³-hybridized carbons (Fsp3) is 0.120. The van der Waals surface area contributed by atoms with Crippen LogP contribution in [0.2, 0.25) is 0 Å². The van der Waals surface area contributed by atoms with Crippen molar-refractivity contribution in [2.24, 2.45) is 5.10 Å². The van der Waals surface area contributed by atoms with Gasteiger partial charge >= 0.3 is 5.97 Å². The molecule has 0 saturated carbocycles. The molecule has 35 heavy (non-hydrogen) atoms. The first-order valence-electron chi connectivity index (χ1n) is 10.3. The highest BCUT2D eigenvalue weighted by atomic mass is 127. The average molecular weight is 587 g/mol. The van der Waals surface area contributed by atoms with Crippen LogP contribution in [0, 0.1) is 3.57 Å². The molecule has 0 fully saturated rings. The molecule has 0 saturated heterocycles. The van der Waals surface area contributed by atoms with Crippen molar-refractivity contribution in [2.45, 2.75) is 0 Å². The Balaban J connectivity index is 1.54. The van der Waals surface area contributed by atoms with Crippen molar-refractivity contribution in [2.75, 3.05) is 20.8 Å². The molecule has 0 heterocycles. The van der Waals surface area contributed by atoms with E-state index < -0.39 is 11.9 Å². The van der Waals surface area contributed by atoms with Crippen LogP contribution in [0.25, 0.3) is 0 Å². The summed E-state index contributed by atoms with van der Waals surface area (Å²) in [6.45, 7) is -0.231. The summed E-state index contributed by atoms with van der Waals surface area (Å²) in [6, 6.07) is 18.4. The summed E-state index contributed by atoms with van der Waals surface area (Å²) in [5.74, 6) is -0.217. The second kappa shape index (κ2) is 12.5. The van der Waals surface area contributed by atoms with E-state index in [0.29, 0.717) is 28.2 Å². The Kier molecular flexibility index (Phi) is 9.18. The van der Waals surface area contributed by atoms with E-state index in [4.69, 9.17) is 14.2 Å². The van der Waals surface area contributed by atoms with Crippen molar-refractivity contribution in [1.29, 1.82) is 0 Å². The van der Waals surface area contributed by atoms with E-state index in [0.717, 1.165) is 3.57 Å². The van der Waals surface area contributed by atoms with E-state index in [-0.39, 0.29) is 18.2 Å². The summed E-state index contributed by atoms with van der Waals surface area (Å²) in [5, 5.41) is 6.43. The van der Waals surface area contributed by atoms with Gasteiger partial charge in [-0.05, 0) is 82.8 Å². The van der Waals surface area contributed by atoms with Crippen molar-refractivity contribution in [3.8, 4) is 17.2 Å². The van der Waals surface area contributed by atoms with E-state index in [1.54, 1.807) is 67.8 Å². The van der Waals surface area contributed by atoms with Crippen LogP contribution in [0.5, 0.6) is 17.2 Å². The van der Waals surface area contributed by atoms with Gasteiger partial charge < -0.3 is 19.5 Å². The maximum atomic E-state index is 12.4. The molecule has 0 aliphatic carbocycles. The number of hydrogen-bond acceptors (Lipinski definition) is 7. The van der Waals surface area contributed by atoms with Gasteiger partial charge in [-0.25, -0.2) is 10.2 Å². The number of nitrogens with zero attached hydrogens (tertiary/aromatic N) is 1. The Bertz CT molecular complexity index is 1240. The van der Waals surface area contributed by atoms with Crippen molar-refractivity contribution in [3.05, 3.63) is 87.0 Å². The third kappa shape index (κ3) is 7.27. The van der Waals surface area contributed by atoms with Crippen LogP contribution in [-0.4, -0.2) is 44.8 Å². The zero-order valence-corrected chi connectivity index (χ0v) is 21.1. The minimum atomic E-state index is -0.549. The van der Waals surface area contributed by atoms with Crippen LogP contribution in [0.1, 0.15) is 26.3 Å². The molecule has 0 radical (unpaired) electrons. The summed E-state index contributed by atoms with van der Waals surface area (Å²) in [6.07, 6.45) is 1.40. The number of methoxy groups -OCH3 is 2. The number of halogens is 1. The average Bonchev–Trinajstić information content (AvgIpc) is 2.88. The molecule has 0 aromatic heterocycles. The summed E-state index contributed by atoms with van der Waals surface area (Å²) in [7, 11) is 2.98. The fourth-order valence-corrected chi connectivity index (χ4v) is 3.49.